The summed E-state index contributed by atoms with van der Waals surface area (Å²) in [5.41, 5.74) is 0.301. The molecule has 0 aliphatic carbocycles. The van der Waals surface area contributed by atoms with Gasteiger partial charge in [0.2, 0.25) is 0 Å². The van der Waals surface area contributed by atoms with Crippen LogP contribution in [0.15, 0.2) is 0 Å². The zero-order valence-corrected chi connectivity index (χ0v) is 8.39. The molecule has 0 bridgehead atoms. The lowest BCUT2D eigenvalue weighted by Crippen LogP contribution is -2.59. The van der Waals surface area contributed by atoms with Crippen LogP contribution in [0, 0.1) is 0 Å². The van der Waals surface area contributed by atoms with E-state index < -0.39 is 0 Å². The molecule has 1 fully saturated rings. The smallest absolute Gasteiger partial charge is 0.0671 e. The Kier molecular flexibility index (Phi) is 3.50. The predicted molar refractivity (Wildman–Crippen MR) is 50.4 cm³/mol. The first-order chi connectivity index (χ1) is 5.69. The zero-order chi connectivity index (χ0) is 9.03. The van der Waals surface area contributed by atoms with Crippen LogP contribution in [0.3, 0.4) is 0 Å². The lowest BCUT2D eigenvalue weighted by Gasteiger charge is -2.45. The molecule has 1 heterocycles. The Morgan fingerprint density at radius 3 is 2.58 bits per heavy atom. The summed E-state index contributed by atoms with van der Waals surface area (Å²) in [5, 5.41) is 3.32. The van der Waals surface area contributed by atoms with E-state index in [1.165, 1.54) is 0 Å². The normalized spacial score (nSPS) is 21.0. The van der Waals surface area contributed by atoms with Gasteiger partial charge in [0, 0.05) is 13.1 Å². The summed E-state index contributed by atoms with van der Waals surface area (Å²) in [6.45, 7) is 9.39. The van der Waals surface area contributed by atoms with E-state index in [-0.39, 0.29) is 0 Å². The van der Waals surface area contributed by atoms with Crippen LogP contribution in [0.25, 0.3) is 0 Å². The minimum absolute atomic E-state index is 0.301. The third kappa shape index (κ3) is 2.19. The first-order valence-electron chi connectivity index (χ1n) is 4.69. The van der Waals surface area contributed by atoms with Crippen molar-refractivity contribution < 1.29 is 4.74 Å². The highest BCUT2D eigenvalue weighted by atomic mass is 16.5. The van der Waals surface area contributed by atoms with Crippen LogP contribution in [-0.4, -0.2) is 50.3 Å². The summed E-state index contributed by atoms with van der Waals surface area (Å²) < 4.78 is 5.20. The Bertz CT molecular complexity index is 134. The van der Waals surface area contributed by atoms with Gasteiger partial charge < -0.3 is 10.1 Å². The molecular formula is C9H20N2O. The Hall–Kier alpha value is -0.120. The maximum atomic E-state index is 5.20. The summed E-state index contributed by atoms with van der Waals surface area (Å²) in [6.07, 6.45) is 0. The topological polar surface area (TPSA) is 24.5 Å². The van der Waals surface area contributed by atoms with E-state index in [0.717, 1.165) is 32.8 Å². The van der Waals surface area contributed by atoms with Gasteiger partial charge in [0.25, 0.3) is 0 Å². The summed E-state index contributed by atoms with van der Waals surface area (Å²) in [6, 6.07) is 0. The first kappa shape index (κ1) is 9.96. The highest BCUT2D eigenvalue weighted by Crippen LogP contribution is 2.21. The van der Waals surface area contributed by atoms with E-state index >= 15 is 0 Å². The van der Waals surface area contributed by atoms with E-state index in [9.17, 15) is 0 Å². The number of hydrogen-bond acceptors (Lipinski definition) is 3. The molecule has 1 N–H and O–H groups in total. The highest BCUT2D eigenvalue weighted by Gasteiger charge is 2.36. The predicted octanol–water partition coefficient (Wildman–Crippen LogP) is 0.317. The number of nitrogens with zero attached hydrogens (tertiary/aromatic N) is 1. The highest BCUT2D eigenvalue weighted by molar-refractivity contribution is 4.90. The molecule has 3 heteroatoms. The quantitative estimate of drug-likeness (QED) is 0.604. The summed E-state index contributed by atoms with van der Waals surface area (Å²) in [4.78, 5) is 2.37. The molecule has 1 saturated heterocycles. The van der Waals surface area contributed by atoms with E-state index in [2.05, 4.69) is 31.1 Å². The van der Waals surface area contributed by atoms with Crippen LogP contribution < -0.4 is 5.32 Å². The van der Waals surface area contributed by atoms with E-state index in [0.29, 0.717) is 5.54 Å². The second-order valence-corrected chi connectivity index (χ2v) is 3.76. The minimum Gasteiger partial charge on any atom is -0.377 e. The van der Waals surface area contributed by atoms with Crippen molar-refractivity contribution in [3.63, 3.8) is 0 Å². The molecule has 0 amide bonds. The maximum Gasteiger partial charge on any atom is 0.0671 e. The van der Waals surface area contributed by atoms with Gasteiger partial charge in [0.15, 0.2) is 0 Å². The molecule has 0 aromatic carbocycles. The molecule has 72 valence electrons. The van der Waals surface area contributed by atoms with Crippen LogP contribution >= 0.6 is 0 Å². The Labute approximate surface area is 75.1 Å². The van der Waals surface area contributed by atoms with E-state index in [4.69, 9.17) is 4.74 Å². The Morgan fingerprint density at radius 2 is 2.17 bits per heavy atom. The summed E-state index contributed by atoms with van der Waals surface area (Å²) in [7, 11) is 2.17. The molecule has 1 aliphatic rings. The van der Waals surface area contributed by atoms with Crippen LogP contribution in [0.4, 0.5) is 0 Å². The largest absolute Gasteiger partial charge is 0.377 e. The van der Waals surface area contributed by atoms with Crippen LogP contribution in [0.2, 0.25) is 0 Å². The van der Waals surface area contributed by atoms with Gasteiger partial charge in [-0.25, -0.2) is 0 Å². The number of rotatable bonds is 5. The zero-order valence-electron chi connectivity index (χ0n) is 8.39. The molecule has 1 aliphatic heterocycles. The van der Waals surface area contributed by atoms with Gasteiger partial charge in [-0.2, -0.15) is 0 Å². The van der Waals surface area contributed by atoms with Crippen molar-refractivity contribution in [2.75, 3.05) is 39.9 Å². The molecular weight excluding hydrogens is 152 g/mol. The molecule has 0 atom stereocenters. The lowest BCUT2D eigenvalue weighted by atomic mass is 9.99. The molecule has 0 aromatic rings. The van der Waals surface area contributed by atoms with Crippen LogP contribution in [0.1, 0.15) is 13.8 Å². The van der Waals surface area contributed by atoms with Gasteiger partial charge in [0.05, 0.1) is 18.8 Å². The van der Waals surface area contributed by atoms with Gasteiger partial charge in [-0.1, -0.05) is 6.92 Å². The van der Waals surface area contributed by atoms with Crippen molar-refractivity contribution in [3.8, 4) is 0 Å². The van der Waals surface area contributed by atoms with E-state index in [1.807, 2.05) is 0 Å². The summed E-state index contributed by atoms with van der Waals surface area (Å²) in [5.74, 6) is 0. The van der Waals surface area contributed by atoms with Crippen LogP contribution in [0.5, 0.6) is 0 Å². The van der Waals surface area contributed by atoms with Crippen molar-refractivity contribution in [1.82, 2.24) is 10.2 Å². The van der Waals surface area contributed by atoms with Crippen molar-refractivity contribution in [2.24, 2.45) is 0 Å². The molecule has 0 radical (unpaired) electrons. The Morgan fingerprint density at radius 1 is 1.50 bits per heavy atom. The molecule has 0 unspecified atom stereocenters. The minimum atomic E-state index is 0.301. The number of likely N-dealkylation sites (N-methyl/N-ethyl adjacent to an activating group) is 2. The van der Waals surface area contributed by atoms with Crippen molar-refractivity contribution in [1.29, 1.82) is 0 Å². The van der Waals surface area contributed by atoms with Gasteiger partial charge in [-0.15, -0.1) is 0 Å². The average molecular weight is 172 g/mol. The monoisotopic (exact) mass is 172 g/mol. The maximum absolute atomic E-state index is 5.20. The van der Waals surface area contributed by atoms with Crippen molar-refractivity contribution in [3.05, 3.63) is 0 Å². The molecule has 0 aromatic heterocycles. The molecule has 1 rings (SSSR count). The number of ether oxygens (including phenoxy) is 1. The number of hydrogen-bond donors (Lipinski definition) is 1. The molecule has 3 nitrogen and oxygen atoms in total. The molecule has 0 saturated carbocycles. The van der Waals surface area contributed by atoms with E-state index in [1.54, 1.807) is 0 Å². The van der Waals surface area contributed by atoms with Gasteiger partial charge in [0.1, 0.15) is 0 Å². The van der Waals surface area contributed by atoms with Crippen molar-refractivity contribution in [2.45, 2.75) is 19.4 Å². The Balaban J connectivity index is 2.14. The fraction of sp³-hybridized carbons (Fsp3) is 1.00. The fourth-order valence-corrected chi connectivity index (χ4v) is 1.31. The SMILES string of the molecule is CCNCCN(C)C1(C)COC1. The standard InChI is InChI=1S/C9H20N2O/c1-4-10-5-6-11(3)9(2)7-12-8-9/h10H,4-8H2,1-3H3. The van der Waals surface area contributed by atoms with Gasteiger partial charge in [-0.3, -0.25) is 4.90 Å². The molecule has 12 heavy (non-hydrogen) atoms. The molecule has 0 spiro atoms. The number of nitrogens with one attached hydrogen (secondary N) is 1. The van der Waals surface area contributed by atoms with Gasteiger partial charge >= 0.3 is 0 Å². The fourth-order valence-electron chi connectivity index (χ4n) is 1.31. The first-order valence-corrected chi connectivity index (χ1v) is 4.69. The third-order valence-electron chi connectivity index (χ3n) is 2.62. The second kappa shape index (κ2) is 4.21. The second-order valence-electron chi connectivity index (χ2n) is 3.76. The average Bonchev–Trinajstić information content (AvgIpc) is 2.00. The van der Waals surface area contributed by atoms with Crippen LogP contribution in [-0.2, 0) is 4.74 Å². The third-order valence-corrected chi connectivity index (χ3v) is 2.62. The van der Waals surface area contributed by atoms with Crippen molar-refractivity contribution >= 4 is 0 Å². The van der Waals surface area contributed by atoms with Gasteiger partial charge in [-0.05, 0) is 20.5 Å². The lowest BCUT2D eigenvalue weighted by molar-refractivity contribution is -0.121. The summed E-state index contributed by atoms with van der Waals surface area (Å²) >= 11 is 0.